The molecule has 0 fully saturated rings. The van der Waals surface area contributed by atoms with Crippen molar-refractivity contribution in [1.82, 2.24) is 0 Å². The predicted molar refractivity (Wildman–Crippen MR) is 109 cm³/mol. The number of benzene rings is 2. The lowest BCUT2D eigenvalue weighted by Crippen LogP contribution is -1.80. The maximum atomic E-state index is 2.32. The van der Waals surface area contributed by atoms with Gasteiger partial charge in [-0.25, -0.2) is 0 Å². The average Bonchev–Trinajstić information content (AvgIpc) is 2.62. The van der Waals surface area contributed by atoms with E-state index in [0.717, 1.165) is 0 Å². The Morgan fingerprint density at radius 1 is 0.833 bits per heavy atom. The SMILES string of the molecule is CCCCCCCCC/C=C/C=C(C)c1ccc2ccccc2c1. The van der Waals surface area contributed by atoms with Crippen LogP contribution in [-0.2, 0) is 0 Å². The lowest BCUT2D eigenvalue weighted by atomic mass is 10.0. The summed E-state index contributed by atoms with van der Waals surface area (Å²) in [5.41, 5.74) is 2.64. The Morgan fingerprint density at radius 3 is 2.33 bits per heavy atom. The molecular formula is C24H32. The van der Waals surface area contributed by atoms with E-state index in [1.54, 1.807) is 0 Å². The third kappa shape index (κ3) is 6.35. The lowest BCUT2D eigenvalue weighted by Gasteiger charge is -2.03. The molecule has 0 aliphatic carbocycles. The summed E-state index contributed by atoms with van der Waals surface area (Å²) >= 11 is 0. The predicted octanol–water partition coefficient (Wildman–Crippen LogP) is 7.94. The summed E-state index contributed by atoms with van der Waals surface area (Å²) in [6.45, 7) is 4.47. The Hall–Kier alpha value is -1.82. The van der Waals surface area contributed by atoms with Crippen LogP contribution in [0.15, 0.2) is 60.7 Å². The second-order valence-corrected chi connectivity index (χ2v) is 6.75. The van der Waals surface area contributed by atoms with Gasteiger partial charge in [-0.15, -0.1) is 0 Å². The quantitative estimate of drug-likeness (QED) is 0.308. The molecule has 2 rings (SSSR count). The summed E-state index contributed by atoms with van der Waals surface area (Å²) in [6.07, 6.45) is 17.7. The topological polar surface area (TPSA) is 0 Å². The van der Waals surface area contributed by atoms with Crippen LogP contribution in [0.1, 0.15) is 70.8 Å². The van der Waals surface area contributed by atoms with Crippen molar-refractivity contribution in [3.8, 4) is 0 Å². The zero-order valence-electron chi connectivity index (χ0n) is 15.4. The molecule has 0 aliphatic rings. The number of fused-ring (bicyclic) bond motifs is 1. The fourth-order valence-corrected chi connectivity index (χ4v) is 3.06. The molecule has 0 saturated heterocycles. The zero-order chi connectivity index (χ0) is 17.0. The lowest BCUT2D eigenvalue weighted by molar-refractivity contribution is 0.592. The van der Waals surface area contributed by atoms with Crippen molar-refractivity contribution >= 4 is 16.3 Å². The average molecular weight is 321 g/mol. The van der Waals surface area contributed by atoms with Gasteiger partial charge in [-0.05, 0) is 47.7 Å². The zero-order valence-corrected chi connectivity index (χ0v) is 15.4. The summed E-state index contributed by atoms with van der Waals surface area (Å²) < 4.78 is 0. The first-order valence-corrected chi connectivity index (χ1v) is 9.64. The van der Waals surface area contributed by atoms with Gasteiger partial charge in [-0.1, -0.05) is 100 Å². The van der Waals surface area contributed by atoms with Crippen molar-refractivity contribution in [2.24, 2.45) is 0 Å². The molecule has 0 saturated carbocycles. The molecular weight excluding hydrogens is 288 g/mol. The minimum Gasteiger partial charge on any atom is -0.0845 e. The third-order valence-electron chi connectivity index (χ3n) is 4.66. The van der Waals surface area contributed by atoms with Crippen molar-refractivity contribution in [3.63, 3.8) is 0 Å². The normalized spacial score (nSPS) is 12.3. The molecule has 0 bridgehead atoms. The molecule has 0 heterocycles. The Morgan fingerprint density at radius 2 is 1.54 bits per heavy atom. The minimum absolute atomic E-state index is 1.20. The van der Waals surface area contributed by atoms with Gasteiger partial charge in [0.1, 0.15) is 0 Å². The van der Waals surface area contributed by atoms with Crippen LogP contribution < -0.4 is 0 Å². The van der Waals surface area contributed by atoms with Crippen molar-refractivity contribution in [1.29, 1.82) is 0 Å². The van der Waals surface area contributed by atoms with Gasteiger partial charge in [0.2, 0.25) is 0 Å². The van der Waals surface area contributed by atoms with Crippen molar-refractivity contribution in [3.05, 3.63) is 66.3 Å². The highest BCUT2D eigenvalue weighted by Gasteiger charge is 1.97. The van der Waals surface area contributed by atoms with Crippen molar-refractivity contribution < 1.29 is 0 Å². The van der Waals surface area contributed by atoms with Gasteiger partial charge < -0.3 is 0 Å². The summed E-state index contributed by atoms with van der Waals surface area (Å²) in [7, 11) is 0. The fourth-order valence-electron chi connectivity index (χ4n) is 3.06. The maximum Gasteiger partial charge on any atom is -0.0178 e. The molecule has 0 heteroatoms. The summed E-state index contributed by atoms with van der Waals surface area (Å²) in [6, 6.07) is 15.3. The molecule has 0 amide bonds. The highest BCUT2D eigenvalue weighted by molar-refractivity contribution is 5.86. The maximum absolute atomic E-state index is 2.32. The molecule has 0 atom stereocenters. The van der Waals surface area contributed by atoms with Crippen molar-refractivity contribution in [2.75, 3.05) is 0 Å². The van der Waals surface area contributed by atoms with Gasteiger partial charge in [0.05, 0.1) is 0 Å². The number of allylic oxidation sites excluding steroid dienone is 4. The second-order valence-electron chi connectivity index (χ2n) is 6.75. The first-order valence-electron chi connectivity index (χ1n) is 9.64. The molecule has 24 heavy (non-hydrogen) atoms. The fraction of sp³-hybridized carbons (Fsp3) is 0.417. The molecule has 0 unspecified atom stereocenters. The summed E-state index contributed by atoms with van der Waals surface area (Å²) in [5.74, 6) is 0. The smallest absolute Gasteiger partial charge is 0.0178 e. The molecule has 0 spiro atoms. The number of unbranched alkanes of at least 4 members (excludes halogenated alkanes) is 7. The van der Waals surface area contributed by atoms with Crippen LogP contribution >= 0.6 is 0 Å². The Kier molecular flexibility index (Phi) is 8.38. The van der Waals surface area contributed by atoms with E-state index in [0.29, 0.717) is 0 Å². The Bertz CT molecular complexity index is 661. The van der Waals surface area contributed by atoms with E-state index < -0.39 is 0 Å². The third-order valence-corrected chi connectivity index (χ3v) is 4.66. The van der Waals surface area contributed by atoms with Crippen LogP contribution in [-0.4, -0.2) is 0 Å². The molecule has 2 aromatic rings. The Balaban J connectivity index is 1.74. The van der Waals surface area contributed by atoms with Crippen LogP contribution in [0.3, 0.4) is 0 Å². The van der Waals surface area contributed by atoms with Crippen molar-refractivity contribution in [2.45, 2.75) is 65.2 Å². The van der Waals surface area contributed by atoms with Crippen LogP contribution in [0.2, 0.25) is 0 Å². The molecule has 0 aromatic heterocycles. The molecule has 0 aliphatic heterocycles. The van der Waals surface area contributed by atoms with Crippen LogP contribution in [0.25, 0.3) is 16.3 Å². The Labute approximate surface area is 148 Å². The van der Waals surface area contributed by atoms with Gasteiger partial charge in [-0.2, -0.15) is 0 Å². The van der Waals surface area contributed by atoms with E-state index in [4.69, 9.17) is 0 Å². The highest BCUT2D eigenvalue weighted by atomic mass is 14.0. The van der Waals surface area contributed by atoms with Crippen LogP contribution in [0.5, 0.6) is 0 Å². The van der Waals surface area contributed by atoms with E-state index in [9.17, 15) is 0 Å². The molecule has 0 radical (unpaired) electrons. The van der Waals surface area contributed by atoms with E-state index >= 15 is 0 Å². The number of hydrogen-bond donors (Lipinski definition) is 0. The minimum atomic E-state index is 1.20. The van der Waals surface area contributed by atoms with Gasteiger partial charge in [0, 0.05) is 0 Å². The summed E-state index contributed by atoms with van der Waals surface area (Å²) in [4.78, 5) is 0. The van der Waals surface area contributed by atoms with E-state index in [-0.39, 0.29) is 0 Å². The van der Waals surface area contributed by atoms with E-state index in [1.165, 1.54) is 73.3 Å². The molecule has 128 valence electrons. The van der Waals surface area contributed by atoms with Crippen LogP contribution in [0.4, 0.5) is 0 Å². The standard InChI is InChI=1S/C24H32/c1-3-4-5-6-7-8-9-10-11-12-15-21(2)23-19-18-22-16-13-14-17-24(22)20-23/h11-20H,3-10H2,1-2H3/b12-11+,21-15?. The first-order chi connectivity index (χ1) is 11.8. The molecule has 0 nitrogen and oxygen atoms in total. The van der Waals surface area contributed by atoms with Crippen LogP contribution in [0, 0.1) is 0 Å². The number of rotatable bonds is 10. The van der Waals surface area contributed by atoms with Gasteiger partial charge >= 0.3 is 0 Å². The monoisotopic (exact) mass is 320 g/mol. The van der Waals surface area contributed by atoms with E-state index in [1.807, 2.05) is 0 Å². The molecule has 2 aromatic carbocycles. The second kappa shape index (κ2) is 10.9. The van der Waals surface area contributed by atoms with Gasteiger partial charge in [-0.3, -0.25) is 0 Å². The summed E-state index contributed by atoms with van der Waals surface area (Å²) in [5, 5.41) is 2.62. The first kappa shape index (κ1) is 18.5. The van der Waals surface area contributed by atoms with E-state index in [2.05, 4.69) is 74.5 Å². The van der Waals surface area contributed by atoms with Gasteiger partial charge in [0.25, 0.3) is 0 Å². The number of hydrogen-bond acceptors (Lipinski definition) is 0. The van der Waals surface area contributed by atoms with Gasteiger partial charge in [0.15, 0.2) is 0 Å². The largest absolute Gasteiger partial charge is 0.0845 e. The highest BCUT2D eigenvalue weighted by Crippen LogP contribution is 2.21. The molecule has 0 N–H and O–H groups in total.